The molecule has 1 N–H and O–H groups in total. The number of rotatable bonds is 2. The van der Waals surface area contributed by atoms with E-state index >= 15 is 0 Å². The number of aromatic nitrogens is 2. The van der Waals surface area contributed by atoms with Gasteiger partial charge in [-0.25, -0.2) is 4.98 Å². The van der Waals surface area contributed by atoms with Crippen molar-refractivity contribution >= 4 is 12.2 Å². The first-order valence-electron chi connectivity index (χ1n) is 5.17. The van der Waals surface area contributed by atoms with Crippen LogP contribution >= 0.6 is 0 Å². The first kappa shape index (κ1) is 15.2. The minimum Gasteiger partial charge on any atom is -0.345 e. The number of hydrogen-bond acceptors (Lipinski definition) is 1. The minimum atomic E-state index is 0. The van der Waals surface area contributed by atoms with Gasteiger partial charge < -0.3 is 4.98 Å². The fourth-order valence-electron chi connectivity index (χ4n) is 0.778. The van der Waals surface area contributed by atoms with E-state index in [1.165, 1.54) is 0 Å². The van der Waals surface area contributed by atoms with E-state index in [1.807, 2.05) is 46.8 Å². The second-order valence-corrected chi connectivity index (χ2v) is 1.91. The highest BCUT2D eigenvalue weighted by Gasteiger charge is 1.94. The number of allylic oxidation sites excluding steroid dienone is 1. The van der Waals surface area contributed by atoms with E-state index in [9.17, 15) is 0 Å². The Morgan fingerprint density at radius 2 is 1.93 bits per heavy atom. The van der Waals surface area contributed by atoms with Crippen LogP contribution in [0.15, 0.2) is 19.0 Å². The van der Waals surface area contributed by atoms with E-state index < -0.39 is 0 Å². The van der Waals surface area contributed by atoms with Gasteiger partial charge in [-0.05, 0) is 19.1 Å². The molecule has 0 atom stereocenters. The third kappa shape index (κ3) is 5.36. The smallest absolute Gasteiger partial charge is 0.0931 e. The molecule has 2 nitrogen and oxygen atoms in total. The van der Waals surface area contributed by atoms with Gasteiger partial charge in [0.25, 0.3) is 0 Å². The summed E-state index contributed by atoms with van der Waals surface area (Å²) in [5.41, 5.74) is 1.91. The molecule has 82 valence electrons. The SMILES string of the molecule is C=Cc1nc[nH]c1/C=C\C.CC.CC.[HH]. The molecule has 1 aromatic rings. The molecular weight excluding hydrogens is 172 g/mol. The number of nitrogens with one attached hydrogen (secondary N) is 1. The zero-order valence-electron chi connectivity index (χ0n) is 9.96. The van der Waals surface area contributed by atoms with E-state index in [2.05, 4.69) is 16.5 Å². The van der Waals surface area contributed by atoms with Gasteiger partial charge in [0.1, 0.15) is 0 Å². The van der Waals surface area contributed by atoms with Crippen LogP contribution in [0.2, 0.25) is 0 Å². The predicted molar refractivity (Wildman–Crippen MR) is 68.2 cm³/mol. The van der Waals surface area contributed by atoms with E-state index in [-0.39, 0.29) is 1.43 Å². The van der Waals surface area contributed by atoms with Gasteiger partial charge in [-0.15, -0.1) is 0 Å². The maximum Gasteiger partial charge on any atom is 0.0931 e. The van der Waals surface area contributed by atoms with Gasteiger partial charge in [-0.3, -0.25) is 0 Å². The summed E-state index contributed by atoms with van der Waals surface area (Å²) in [6, 6.07) is 0. The average Bonchev–Trinajstić information content (AvgIpc) is 2.72. The monoisotopic (exact) mass is 196 g/mol. The normalized spacial score (nSPS) is 8.36. The van der Waals surface area contributed by atoms with Crippen molar-refractivity contribution in [1.82, 2.24) is 9.97 Å². The summed E-state index contributed by atoms with van der Waals surface area (Å²) in [5, 5.41) is 0. The topological polar surface area (TPSA) is 28.7 Å². The van der Waals surface area contributed by atoms with Crippen LogP contribution in [-0.2, 0) is 0 Å². The van der Waals surface area contributed by atoms with Crippen LogP contribution in [0.5, 0.6) is 0 Å². The van der Waals surface area contributed by atoms with Gasteiger partial charge in [0.15, 0.2) is 0 Å². The zero-order chi connectivity index (χ0) is 11.4. The van der Waals surface area contributed by atoms with Crippen LogP contribution in [0.3, 0.4) is 0 Å². The number of H-pyrrole nitrogens is 1. The molecule has 1 aromatic heterocycles. The summed E-state index contributed by atoms with van der Waals surface area (Å²) in [4.78, 5) is 7.02. The largest absolute Gasteiger partial charge is 0.345 e. The fourth-order valence-corrected chi connectivity index (χ4v) is 0.778. The quantitative estimate of drug-likeness (QED) is 0.747. The van der Waals surface area contributed by atoms with Crippen molar-refractivity contribution in [2.75, 3.05) is 0 Å². The zero-order valence-corrected chi connectivity index (χ0v) is 9.96. The highest BCUT2D eigenvalue weighted by Crippen LogP contribution is 2.05. The maximum absolute atomic E-state index is 4.03. The van der Waals surface area contributed by atoms with Gasteiger partial charge in [0, 0.05) is 1.43 Å². The van der Waals surface area contributed by atoms with Crippen LogP contribution in [0.4, 0.5) is 0 Å². The number of nitrogens with zero attached hydrogens (tertiary/aromatic N) is 1. The lowest BCUT2D eigenvalue weighted by Gasteiger charge is -1.85. The van der Waals surface area contributed by atoms with Crippen LogP contribution in [-0.4, -0.2) is 9.97 Å². The van der Waals surface area contributed by atoms with Gasteiger partial charge >= 0.3 is 0 Å². The summed E-state index contributed by atoms with van der Waals surface area (Å²) in [5.74, 6) is 0. The van der Waals surface area contributed by atoms with Gasteiger partial charge in [-0.1, -0.05) is 40.3 Å². The Balaban J connectivity index is -0.000000258. The Hall–Kier alpha value is -1.31. The first-order valence-corrected chi connectivity index (χ1v) is 5.17. The third-order valence-corrected chi connectivity index (χ3v) is 1.23. The molecule has 0 saturated heterocycles. The van der Waals surface area contributed by atoms with Crippen molar-refractivity contribution in [1.29, 1.82) is 0 Å². The standard InChI is InChI=1S/C8H10N2.2C2H6.H2/c1-3-5-8-7(4-2)9-6-10-8;2*1-2;/h3-6H,2H2,1H3,(H,9,10);2*1-2H3;1H/b5-3-;;;. The van der Waals surface area contributed by atoms with Crippen molar-refractivity contribution < 1.29 is 1.43 Å². The molecule has 0 unspecified atom stereocenters. The lowest BCUT2D eigenvalue weighted by Crippen LogP contribution is -1.74. The van der Waals surface area contributed by atoms with Gasteiger partial charge in [0.05, 0.1) is 17.7 Å². The highest BCUT2D eigenvalue weighted by molar-refractivity contribution is 5.57. The maximum atomic E-state index is 4.03. The highest BCUT2D eigenvalue weighted by atomic mass is 14.9. The van der Waals surface area contributed by atoms with Gasteiger partial charge in [0.2, 0.25) is 0 Å². The Bertz CT molecular complexity index is 252. The summed E-state index contributed by atoms with van der Waals surface area (Å²) < 4.78 is 0. The number of hydrogen-bond donors (Lipinski definition) is 1. The Kier molecular flexibility index (Phi) is 12.7. The molecule has 0 amide bonds. The van der Waals surface area contributed by atoms with Crippen molar-refractivity contribution in [2.45, 2.75) is 34.6 Å². The number of aromatic amines is 1. The molecule has 0 aromatic carbocycles. The van der Waals surface area contributed by atoms with Crippen molar-refractivity contribution in [3.63, 3.8) is 0 Å². The van der Waals surface area contributed by atoms with Crippen molar-refractivity contribution in [3.05, 3.63) is 30.4 Å². The third-order valence-electron chi connectivity index (χ3n) is 1.23. The molecule has 0 saturated carbocycles. The Labute approximate surface area is 89.3 Å². The van der Waals surface area contributed by atoms with Crippen LogP contribution in [0, 0.1) is 0 Å². The van der Waals surface area contributed by atoms with E-state index in [0.29, 0.717) is 0 Å². The molecular formula is C12H24N2. The van der Waals surface area contributed by atoms with Gasteiger partial charge in [-0.2, -0.15) is 0 Å². The Morgan fingerprint density at radius 1 is 1.36 bits per heavy atom. The molecule has 2 heteroatoms. The molecule has 0 fully saturated rings. The van der Waals surface area contributed by atoms with Crippen molar-refractivity contribution in [3.8, 4) is 0 Å². The molecule has 0 bridgehead atoms. The van der Waals surface area contributed by atoms with Crippen LogP contribution in [0.25, 0.3) is 12.2 Å². The molecule has 0 aliphatic carbocycles. The second kappa shape index (κ2) is 11.7. The molecule has 1 heterocycles. The number of imidazole rings is 1. The lowest BCUT2D eigenvalue weighted by molar-refractivity contribution is 1.30. The van der Waals surface area contributed by atoms with E-state index in [4.69, 9.17) is 0 Å². The fraction of sp³-hybridized carbons (Fsp3) is 0.417. The predicted octanol–water partition coefficient (Wildman–Crippen LogP) is 4.38. The molecule has 0 aliphatic heterocycles. The molecule has 0 aliphatic rings. The summed E-state index contributed by atoms with van der Waals surface area (Å²) in [6.45, 7) is 13.6. The molecule has 0 spiro atoms. The molecule has 14 heavy (non-hydrogen) atoms. The lowest BCUT2D eigenvalue weighted by atomic mass is 10.3. The summed E-state index contributed by atoms with van der Waals surface area (Å²) >= 11 is 0. The summed E-state index contributed by atoms with van der Waals surface area (Å²) in [6.07, 6.45) is 7.31. The van der Waals surface area contributed by atoms with Crippen molar-refractivity contribution in [2.24, 2.45) is 0 Å². The Morgan fingerprint density at radius 3 is 2.36 bits per heavy atom. The first-order chi connectivity index (χ1) is 6.88. The van der Waals surface area contributed by atoms with E-state index in [0.717, 1.165) is 11.4 Å². The average molecular weight is 196 g/mol. The molecule has 1 rings (SSSR count). The summed E-state index contributed by atoms with van der Waals surface area (Å²) in [7, 11) is 0. The minimum absolute atomic E-state index is 0. The van der Waals surface area contributed by atoms with E-state index in [1.54, 1.807) is 12.4 Å². The second-order valence-electron chi connectivity index (χ2n) is 1.91. The van der Waals surface area contributed by atoms with Crippen LogP contribution in [0.1, 0.15) is 47.4 Å². The molecule has 0 radical (unpaired) electrons. The van der Waals surface area contributed by atoms with Crippen LogP contribution < -0.4 is 0 Å².